The Hall–Kier alpha value is -3.79. The number of rotatable bonds is 5. The zero-order valence-corrected chi connectivity index (χ0v) is 19.8. The number of anilines is 1. The lowest BCUT2D eigenvalue weighted by atomic mass is 10.0. The molecule has 2 aromatic carbocycles. The van der Waals surface area contributed by atoms with Gasteiger partial charge in [0, 0.05) is 54.7 Å². The van der Waals surface area contributed by atoms with Crippen LogP contribution in [0, 0.1) is 17.5 Å². The number of hydrogen-bond acceptors (Lipinski definition) is 5. The third kappa shape index (κ3) is 4.68. The van der Waals surface area contributed by atoms with Crippen molar-refractivity contribution in [3.8, 4) is 5.75 Å². The molecule has 11 heteroatoms. The normalized spacial score (nSPS) is 15.2. The molecule has 0 radical (unpaired) electrons. The lowest BCUT2D eigenvalue weighted by Gasteiger charge is -2.27. The average Bonchev–Trinajstić information content (AvgIpc) is 2.99. The molecule has 3 aromatic rings. The van der Waals surface area contributed by atoms with Gasteiger partial charge in [0.1, 0.15) is 28.7 Å². The Morgan fingerprint density at radius 1 is 1.25 bits per heavy atom. The SMILES string of the molecule is CN1CC(n2cc(C(=O)NCc3c(F)cc(F)cc3F)c(=O)c(O)c2C=O)CCc2c(Cl)cccc21. The summed E-state index contributed by atoms with van der Waals surface area (Å²) in [5.74, 6) is -5.47. The minimum atomic E-state index is -1.20. The van der Waals surface area contributed by atoms with Crippen LogP contribution in [-0.2, 0) is 13.0 Å². The molecule has 188 valence electrons. The van der Waals surface area contributed by atoms with Crippen molar-refractivity contribution in [2.24, 2.45) is 0 Å². The number of carbonyl (C=O) groups excluding carboxylic acids is 2. The van der Waals surface area contributed by atoms with E-state index in [0.29, 0.717) is 42.8 Å². The molecule has 1 amide bonds. The third-order valence-electron chi connectivity index (χ3n) is 6.25. The summed E-state index contributed by atoms with van der Waals surface area (Å²) in [4.78, 5) is 39.2. The minimum absolute atomic E-state index is 0.303. The Morgan fingerprint density at radius 3 is 2.61 bits per heavy atom. The Kier molecular flexibility index (Phi) is 7.07. The van der Waals surface area contributed by atoms with Crippen molar-refractivity contribution in [3.05, 3.63) is 91.6 Å². The number of halogens is 4. The van der Waals surface area contributed by atoms with E-state index in [2.05, 4.69) is 5.32 Å². The van der Waals surface area contributed by atoms with Gasteiger partial charge in [-0.25, -0.2) is 13.2 Å². The summed E-state index contributed by atoms with van der Waals surface area (Å²) >= 11 is 6.36. The number of fused-ring (bicyclic) bond motifs is 1. The first-order chi connectivity index (χ1) is 17.1. The molecule has 0 aliphatic carbocycles. The molecule has 36 heavy (non-hydrogen) atoms. The molecule has 1 aliphatic heterocycles. The highest BCUT2D eigenvalue weighted by Crippen LogP contribution is 2.34. The van der Waals surface area contributed by atoms with Gasteiger partial charge in [0.15, 0.2) is 12.0 Å². The van der Waals surface area contributed by atoms with Gasteiger partial charge in [0.05, 0.1) is 6.04 Å². The van der Waals surface area contributed by atoms with Crippen molar-refractivity contribution in [2.45, 2.75) is 25.4 Å². The molecule has 1 unspecified atom stereocenters. The van der Waals surface area contributed by atoms with E-state index >= 15 is 0 Å². The van der Waals surface area contributed by atoms with Crippen LogP contribution in [0.5, 0.6) is 5.75 Å². The molecule has 2 heterocycles. The van der Waals surface area contributed by atoms with Gasteiger partial charge >= 0.3 is 0 Å². The number of nitrogens with zero attached hydrogens (tertiary/aromatic N) is 2. The molecule has 0 fully saturated rings. The zero-order valence-electron chi connectivity index (χ0n) is 19.0. The van der Waals surface area contributed by atoms with Crippen LogP contribution in [-0.4, -0.2) is 35.5 Å². The van der Waals surface area contributed by atoms with Crippen molar-refractivity contribution < 1.29 is 27.9 Å². The first-order valence-corrected chi connectivity index (χ1v) is 11.3. The van der Waals surface area contributed by atoms with Crippen LogP contribution in [0.25, 0.3) is 0 Å². The predicted octanol–water partition coefficient (Wildman–Crippen LogP) is 3.99. The lowest BCUT2D eigenvalue weighted by molar-refractivity contribution is 0.0946. The second kappa shape index (κ2) is 10.1. The molecule has 2 N–H and O–H groups in total. The Labute approximate surface area is 208 Å². The third-order valence-corrected chi connectivity index (χ3v) is 6.60. The van der Waals surface area contributed by atoms with Gasteiger partial charge in [-0.15, -0.1) is 0 Å². The highest BCUT2D eigenvalue weighted by atomic mass is 35.5. The van der Waals surface area contributed by atoms with Gasteiger partial charge in [0.25, 0.3) is 5.91 Å². The average molecular weight is 520 g/mol. The largest absolute Gasteiger partial charge is 0.503 e. The first-order valence-electron chi connectivity index (χ1n) is 11.0. The van der Waals surface area contributed by atoms with Gasteiger partial charge in [0.2, 0.25) is 5.43 Å². The molecule has 0 saturated carbocycles. The number of aromatic nitrogens is 1. The van der Waals surface area contributed by atoms with Crippen LogP contribution >= 0.6 is 11.6 Å². The Bertz CT molecular complexity index is 1400. The number of likely N-dealkylation sites (N-methyl/N-ethyl adjacent to an activating group) is 1. The van der Waals surface area contributed by atoms with E-state index in [-0.39, 0.29) is 5.69 Å². The van der Waals surface area contributed by atoms with E-state index in [9.17, 15) is 32.7 Å². The topological polar surface area (TPSA) is 91.6 Å². The Morgan fingerprint density at radius 2 is 1.94 bits per heavy atom. The van der Waals surface area contributed by atoms with Crippen LogP contribution in [0.3, 0.4) is 0 Å². The monoisotopic (exact) mass is 519 g/mol. The number of aldehydes is 1. The van der Waals surface area contributed by atoms with Crippen LogP contribution in [0.1, 0.15) is 44.4 Å². The summed E-state index contributed by atoms with van der Waals surface area (Å²) in [7, 11) is 1.83. The number of pyridine rings is 1. The van der Waals surface area contributed by atoms with Gasteiger partial charge in [-0.2, -0.15) is 0 Å². The molecule has 0 spiro atoms. The van der Waals surface area contributed by atoms with E-state index in [1.54, 1.807) is 6.07 Å². The quantitative estimate of drug-likeness (QED) is 0.497. The molecule has 7 nitrogen and oxygen atoms in total. The number of carbonyl (C=O) groups is 2. The second-order valence-electron chi connectivity index (χ2n) is 8.47. The van der Waals surface area contributed by atoms with Crippen molar-refractivity contribution >= 4 is 29.5 Å². The smallest absolute Gasteiger partial charge is 0.257 e. The number of nitrogens with one attached hydrogen (secondary N) is 1. The molecule has 1 aromatic heterocycles. The fourth-order valence-electron chi connectivity index (χ4n) is 4.41. The Balaban J connectivity index is 1.67. The molecule has 0 bridgehead atoms. The summed E-state index contributed by atoms with van der Waals surface area (Å²) in [6, 6.07) is 5.98. The van der Waals surface area contributed by atoms with E-state index in [0.717, 1.165) is 17.4 Å². The summed E-state index contributed by atoms with van der Waals surface area (Å²) in [5.41, 5.74) is -0.739. The molecule has 1 atom stereocenters. The number of aromatic hydroxyl groups is 1. The number of hydrogen-bond donors (Lipinski definition) is 2. The van der Waals surface area contributed by atoms with E-state index in [4.69, 9.17) is 11.6 Å². The van der Waals surface area contributed by atoms with Crippen molar-refractivity contribution in [2.75, 3.05) is 18.5 Å². The summed E-state index contributed by atoms with van der Waals surface area (Å²) in [5, 5.41) is 13.3. The summed E-state index contributed by atoms with van der Waals surface area (Å²) in [6.07, 6.45) is 2.47. The van der Waals surface area contributed by atoms with Gasteiger partial charge in [-0.1, -0.05) is 17.7 Å². The van der Waals surface area contributed by atoms with Crippen LogP contribution in [0.4, 0.5) is 18.9 Å². The minimum Gasteiger partial charge on any atom is -0.503 e. The van der Waals surface area contributed by atoms with Crippen LogP contribution in [0.2, 0.25) is 5.02 Å². The fourth-order valence-corrected chi connectivity index (χ4v) is 4.68. The molecule has 1 aliphatic rings. The summed E-state index contributed by atoms with van der Waals surface area (Å²) in [6.45, 7) is -0.310. The van der Waals surface area contributed by atoms with E-state index < -0.39 is 58.3 Å². The lowest BCUT2D eigenvalue weighted by Crippen LogP contribution is -2.33. The molecule has 0 saturated heterocycles. The van der Waals surface area contributed by atoms with Crippen LogP contribution < -0.4 is 15.6 Å². The van der Waals surface area contributed by atoms with Gasteiger partial charge < -0.3 is 19.9 Å². The second-order valence-corrected chi connectivity index (χ2v) is 8.88. The maximum Gasteiger partial charge on any atom is 0.257 e. The van der Waals surface area contributed by atoms with Gasteiger partial charge in [-0.05, 0) is 30.5 Å². The predicted molar refractivity (Wildman–Crippen MR) is 127 cm³/mol. The van der Waals surface area contributed by atoms with Gasteiger partial charge in [-0.3, -0.25) is 14.4 Å². The first kappa shape index (κ1) is 25.3. The zero-order chi connectivity index (χ0) is 26.1. The van der Waals surface area contributed by atoms with Crippen molar-refractivity contribution in [1.29, 1.82) is 0 Å². The van der Waals surface area contributed by atoms with E-state index in [1.165, 1.54) is 4.57 Å². The van der Waals surface area contributed by atoms with Crippen LogP contribution in [0.15, 0.2) is 41.3 Å². The standard InChI is InChI=1S/C25H21ClF3N3O4/c1-31-10-14(5-6-15-18(26)3-2-4-21(15)31)32-11-17(23(34)24(35)22(32)12-33)25(36)30-9-16-19(28)7-13(27)8-20(16)29/h2-4,7-8,11-12,14,35H,5-6,9-10H2,1H3,(H,30,36). The number of benzene rings is 2. The van der Waals surface area contributed by atoms with Crippen molar-refractivity contribution in [3.63, 3.8) is 0 Å². The number of amides is 1. The molecular weight excluding hydrogens is 499 g/mol. The molecule has 4 rings (SSSR count). The highest BCUT2D eigenvalue weighted by molar-refractivity contribution is 6.31. The summed E-state index contributed by atoms with van der Waals surface area (Å²) < 4.78 is 42.4. The highest BCUT2D eigenvalue weighted by Gasteiger charge is 2.27. The van der Waals surface area contributed by atoms with E-state index in [1.807, 2.05) is 24.1 Å². The maximum absolute atomic E-state index is 13.9. The maximum atomic E-state index is 13.9. The fraction of sp³-hybridized carbons (Fsp3) is 0.240. The van der Waals surface area contributed by atoms with Crippen molar-refractivity contribution in [1.82, 2.24) is 9.88 Å². The molecular formula is C25H21ClF3N3O4.